The lowest BCUT2D eigenvalue weighted by Crippen LogP contribution is -2.42. The van der Waals surface area contributed by atoms with Gasteiger partial charge in [-0.1, -0.05) is 36.4 Å². The van der Waals surface area contributed by atoms with Crippen LogP contribution in [0.2, 0.25) is 0 Å². The predicted molar refractivity (Wildman–Crippen MR) is 104 cm³/mol. The number of halogens is 1. The van der Waals surface area contributed by atoms with Crippen molar-refractivity contribution >= 4 is 6.03 Å². The van der Waals surface area contributed by atoms with Gasteiger partial charge in [0.1, 0.15) is 5.82 Å². The van der Waals surface area contributed by atoms with E-state index in [2.05, 4.69) is 27.0 Å². The van der Waals surface area contributed by atoms with Gasteiger partial charge in [0.2, 0.25) is 0 Å². The zero-order valence-corrected chi connectivity index (χ0v) is 15.4. The number of aromatic nitrogens is 2. The van der Waals surface area contributed by atoms with E-state index in [0.717, 1.165) is 24.1 Å². The van der Waals surface area contributed by atoms with Crippen LogP contribution in [0.25, 0.3) is 11.3 Å². The molecule has 2 heterocycles. The van der Waals surface area contributed by atoms with Crippen LogP contribution >= 0.6 is 0 Å². The summed E-state index contributed by atoms with van der Waals surface area (Å²) in [6, 6.07) is 14.8. The second-order valence-electron chi connectivity index (χ2n) is 7.46. The zero-order chi connectivity index (χ0) is 19.1. The minimum absolute atomic E-state index is 0.0459. The normalized spacial score (nSPS) is 17.1. The van der Waals surface area contributed by atoms with Crippen LogP contribution in [0.1, 0.15) is 30.0 Å². The molecule has 0 spiro atoms. The van der Waals surface area contributed by atoms with Gasteiger partial charge in [-0.25, -0.2) is 14.2 Å². The first-order chi connectivity index (χ1) is 13.7. The number of carbonyl (C=O) groups is 1. The molecule has 2 aromatic carbocycles. The van der Waals surface area contributed by atoms with Crippen molar-refractivity contribution in [2.75, 3.05) is 6.54 Å². The summed E-state index contributed by atoms with van der Waals surface area (Å²) in [5.74, 6) is -0.262. The molecule has 1 fully saturated rings. The monoisotopic (exact) mass is 376 g/mol. The molecule has 0 radical (unpaired) electrons. The summed E-state index contributed by atoms with van der Waals surface area (Å²) in [4.78, 5) is 19.1. The fourth-order valence-corrected chi connectivity index (χ4v) is 3.97. The van der Waals surface area contributed by atoms with Gasteiger partial charge in [0.25, 0.3) is 0 Å². The maximum absolute atomic E-state index is 13.2. The van der Waals surface area contributed by atoms with Gasteiger partial charge in [-0.2, -0.15) is 0 Å². The second-order valence-corrected chi connectivity index (χ2v) is 7.46. The molecule has 142 valence electrons. The van der Waals surface area contributed by atoms with Gasteiger partial charge in [-0.05, 0) is 36.1 Å². The average molecular weight is 376 g/mol. The lowest BCUT2D eigenvalue weighted by molar-refractivity contribution is 0.191. The Morgan fingerprint density at radius 1 is 1.18 bits per heavy atom. The van der Waals surface area contributed by atoms with E-state index in [1.807, 2.05) is 29.6 Å². The topological polar surface area (TPSA) is 50.2 Å². The first kappa shape index (κ1) is 17.0. The van der Waals surface area contributed by atoms with Crippen molar-refractivity contribution in [3.63, 3.8) is 0 Å². The maximum Gasteiger partial charge on any atom is 0.318 e. The molecule has 6 heteroatoms. The van der Waals surface area contributed by atoms with Gasteiger partial charge in [-0.3, -0.25) is 0 Å². The Labute approximate surface area is 162 Å². The van der Waals surface area contributed by atoms with Gasteiger partial charge >= 0.3 is 6.03 Å². The highest BCUT2D eigenvalue weighted by molar-refractivity contribution is 5.75. The van der Waals surface area contributed by atoms with Crippen molar-refractivity contribution < 1.29 is 9.18 Å². The average Bonchev–Trinajstić information content (AvgIpc) is 3.36. The van der Waals surface area contributed by atoms with Gasteiger partial charge < -0.3 is 14.8 Å². The number of benzene rings is 2. The van der Waals surface area contributed by atoms with E-state index in [1.54, 1.807) is 12.1 Å². The summed E-state index contributed by atoms with van der Waals surface area (Å²) in [7, 11) is 0. The molecule has 2 aliphatic rings. The minimum atomic E-state index is -0.262. The summed E-state index contributed by atoms with van der Waals surface area (Å²) in [6.45, 7) is 1.00. The summed E-state index contributed by atoms with van der Waals surface area (Å²) in [5.41, 5.74) is 4.40. The van der Waals surface area contributed by atoms with Crippen LogP contribution in [0.15, 0.2) is 61.1 Å². The van der Waals surface area contributed by atoms with Gasteiger partial charge in [-0.15, -0.1) is 0 Å². The maximum atomic E-state index is 13.2. The number of hydrogen-bond acceptors (Lipinski definition) is 2. The predicted octanol–water partition coefficient (Wildman–Crippen LogP) is 3.97. The molecule has 5 rings (SSSR count). The van der Waals surface area contributed by atoms with Crippen molar-refractivity contribution in [2.45, 2.75) is 31.5 Å². The van der Waals surface area contributed by atoms with E-state index in [-0.39, 0.29) is 23.9 Å². The van der Waals surface area contributed by atoms with E-state index >= 15 is 0 Å². The molecular formula is C22H21FN4O. The molecule has 5 nitrogen and oxygen atoms in total. The van der Waals surface area contributed by atoms with Crippen LogP contribution in [0.5, 0.6) is 0 Å². The van der Waals surface area contributed by atoms with Crippen molar-refractivity contribution in [1.29, 1.82) is 0 Å². The number of fused-ring (bicyclic) bond motifs is 3. The van der Waals surface area contributed by atoms with Crippen molar-refractivity contribution in [3.8, 4) is 11.3 Å². The first-order valence-corrected chi connectivity index (χ1v) is 9.61. The van der Waals surface area contributed by atoms with Crippen LogP contribution in [0.3, 0.4) is 0 Å². The highest BCUT2D eigenvalue weighted by Gasteiger charge is 2.34. The molecule has 3 aromatic rings. The largest absolute Gasteiger partial charge is 0.336 e. The summed E-state index contributed by atoms with van der Waals surface area (Å²) in [5, 5.41) is 3.11. The van der Waals surface area contributed by atoms with Crippen molar-refractivity contribution in [2.24, 2.45) is 0 Å². The lowest BCUT2D eigenvalue weighted by atomic mass is 10.0. The number of hydrogen-bond donors (Lipinski definition) is 1. The highest BCUT2D eigenvalue weighted by atomic mass is 19.1. The molecule has 28 heavy (non-hydrogen) atoms. The number of rotatable bonds is 5. The number of amides is 2. The first-order valence-electron chi connectivity index (χ1n) is 9.61. The Kier molecular flexibility index (Phi) is 4.11. The SMILES string of the molecule is O=C(NC[C@@H]1c2ccccc2-c2cncn21)N(Cc1ccc(F)cc1)C1CC1. The van der Waals surface area contributed by atoms with Crippen LogP contribution < -0.4 is 5.32 Å². The van der Waals surface area contributed by atoms with E-state index in [0.29, 0.717) is 13.1 Å². The molecule has 0 unspecified atom stereocenters. The molecule has 1 saturated carbocycles. The van der Waals surface area contributed by atoms with Gasteiger partial charge in [0.05, 0.1) is 24.3 Å². The van der Waals surface area contributed by atoms with Gasteiger partial charge in [0, 0.05) is 24.7 Å². The van der Waals surface area contributed by atoms with Crippen LogP contribution in [-0.4, -0.2) is 33.1 Å². The van der Waals surface area contributed by atoms with Crippen LogP contribution in [0, 0.1) is 5.82 Å². The molecule has 1 aromatic heterocycles. The molecular weight excluding hydrogens is 355 g/mol. The summed E-state index contributed by atoms with van der Waals surface area (Å²) >= 11 is 0. The zero-order valence-electron chi connectivity index (χ0n) is 15.4. The third kappa shape index (κ3) is 3.05. The smallest absolute Gasteiger partial charge is 0.318 e. The molecule has 1 aliphatic heterocycles. The Bertz CT molecular complexity index is 1010. The van der Waals surface area contributed by atoms with Gasteiger partial charge in [0.15, 0.2) is 0 Å². The molecule has 1 aliphatic carbocycles. The summed E-state index contributed by atoms with van der Waals surface area (Å²) in [6.07, 6.45) is 5.73. The Morgan fingerprint density at radius 2 is 1.96 bits per heavy atom. The number of nitrogens with zero attached hydrogens (tertiary/aromatic N) is 3. The van der Waals surface area contributed by atoms with Crippen molar-refractivity contribution in [3.05, 3.63) is 78.0 Å². The Morgan fingerprint density at radius 3 is 2.75 bits per heavy atom. The quantitative estimate of drug-likeness (QED) is 0.733. The molecule has 1 N–H and O–H groups in total. The second kappa shape index (κ2) is 6.78. The fourth-order valence-electron chi connectivity index (χ4n) is 3.97. The van der Waals surface area contributed by atoms with Crippen LogP contribution in [-0.2, 0) is 6.54 Å². The number of carbonyl (C=O) groups excluding carboxylic acids is 1. The van der Waals surface area contributed by atoms with E-state index in [4.69, 9.17) is 0 Å². The molecule has 0 saturated heterocycles. The Balaban J connectivity index is 1.30. The third-order valence-electron chi connectivity index (χ3n) is 5.56. The molecule has 0 bridgehead atoms. The van der Waals surface area contributed by atoms with Crippen molar-refractivity contribution in [1.82, 2.24) is 19.8 Å². The van der Waals surface area contributed by atoms with E-state index in [1.165, 1.54) is 23.3 Å². The summed E-state index contributed by atoms with van der Waals surface area (Å²) < 4.78 is 15.3. The molecule has 2 amide bonds. The minimum Gasteiger partial charge on any atom is -0.336 e. The third-order valence-corrected chi connectivity index (χ3v) is 5.56. The standard InChI is InChI=1S/C22H21FN4O/c23-16-7-5-15(6-8-16)13-26(17-9-10-17)22(28)25-12-21-19-4-2-1-3-18(19)20-11-24-14-27(20)21/h1-8,11,14,17,21H,9-10,12-13H2,(H,25,28)/t21-/m1/s1. The van der Waals surface area contributed by atoms with E-state index < -0.39 is 0 Å². The number of imidazole rings is 1. The fraction of sp³-hybridized carbons (Fsp3) is 0.273. The molecule has 1 atom stereocenters. The number of nitrogens with one attached hydrogen (secondary N) is 1. The van der Waals surface area contributed by atoms with E-state index in [9.17, 15) is 9.18 Å². The number of urea groups is 1. The highest BCUT2D eigenvalue weighted by Crippen LogP contribution is 2.38. The lowest BCUT2D eigenvalue weighted by Gasteiger charge is -2.24. The Hall–Kier alpha value is -3.15. The van der Waals surface area contributed by atoms with Crippen LogP contribution in [0.4, 0.5) is 9.18 Å².